The van der Waals surface area contributed by atoms with E-state index in [0.29, 0.717) is 17.9 Å². The second kappa shape index (κ2) is 5.58. The Labute approximate surface area is 121 Å². The Bertz CT molecular complexity index is 787. The number of pyridine rings is 2. The number of carbonyl (C=O) groups excluding carboxylic acids is 1. The molecule has 21 heavy (non-hydrogen) atoms. The highest BCUT2D eigenvalue weighted by Gasteiger charge is 2.11. The van der Waals surface area contributed by atoms with Gasteiger partial charge in [-0.2, -0.15) is 0 Å². The van der Waals surface area contributed by atoms with Crippen LogP contribution in [0.2, 0.25) is 0 Å². The van der Waals surface area contributed by atoms with Gasteiger partial charge < -0.3 is 11.1 Å². The molecule has 3 rings (SSSR count). The third kappa shape index (κ3) is 2.81. The molecule has 0 aliphatic rings. The summed E-state index contributed by atoms with van der Waals surface area (Å²) in [6, 6.07) is 11.0. The molecule has 5 heteroatoms. The molecule has 0 saturated carbocycles. The van der Waals surface area contributed by atoms with Gasteiger partial charge in [-0.3, -0.25) is 14.8 Å². The minimum Gasteiger partial charge on any atom is -0.399 e. The summed E-state index contributed by atoms with van der Waals surface area (Å²) in [6.45, 7) is 0.439. The maximum absolute atomic E-state index is 12.3. The predicted octanol–water partition coefficient (Wildman–Crippen LogP) is 2.14. The zero-order chi connectivity index (χ0) is 14.7. The van der Waals surface area contributed by atoms with E-state index < -0.39 is 0 Å². The summed E-state index contributed by atoms with van der Waals surface area (Å²) in [6.07, 6.45) is 5.00. The van der Waals surface area contributed by atoms with Gasteiger partial charge in [-0.1, -0.05) is 0 Å². The Morgan fingerprint density at radius 3 is 2.71 bits per heavy atom. The van der Waals surface area contributed by atoms with Gasteiger partial charge in [0.15, 0.2) is 0 Å². The van der Waals surface area contributed by atoms with Crippen LogP contribution in [0, 0.1) is 0 Å². The maximum Gasteiger partial charge on any atom is 0.270 e. The lowest BCUT2D eigenvalue weighted by Gasteiger charge is -2.07. The third-order valence-electron chi connectivity index (χ3n) is 3.21. The topological polar surface area (TPSA) is 80.9 Å². The molecule has 0 aliphatic carbocycles. The average molecular weight is 278 g/mol. The molecule has 1 aromatic carbocycles. The van der Waals surface area contributed by atoms with Crippen molar-refractivity contribution in [1.82, 2.24) is 15.3 Å². The van der Waals surface area contributed by atoms with E-state index in [4.69, 9.17) is 5.73 Å². The number of amides is 1. The Hall–Kier alpha value is -2.95. The molecule has 0 fully saturated rings. The number of nitrogen functional groups attached to an aromatic ring is 1. The number of nitrogens with zero attached hydrogens (tertiary/aromatic N) is 2. The van der Waals surface area contributed by atoms with Crippen LogP contribution in [0.15, 0.2) is 55.0 Å². The van der Waals surface area contributed by atoms with Crippen LogP contribution in [-0.2, 0) is 6.54 Å². The molecule has 3 N–H and O–H groups in total. The summed E-state index contributed by atoms with van der Waals surface area (Å²) >= 11 is 0. The van der Waals surface area contributed by atoms with Gasteiger partial charge in [0, 0.05) is 36.2 Å². The normalized spacial score (nSPS) is 10.5. The summed E-state index contributed by atoms with van der Waals surface area (Å²) < 4.78 is 0. The van der Waals surface area contributed by atoms with E-state index in [1.165, 1.54) is 0 Å². The molecule has 0 unspecified atom stereocenters. The fourth-order valence-electron chi connectivity index (χ4n) is 2.14. The predicted molar refractivity (Wildman–Crippen MR) is 81.6 cm³/mol. The number of rotatable bonds is 3. The number of nitrogens with one attached hydrogen (secondary N) is 1. The minimum absolute atomic E-state index is 0.206. The first-order valence-electron chi connectivity index (χ1n) is 6.55. The second-order valence-corrected chi connectivity index (χ2v) is 4.68. The molecule has 0 bridgehead atoms. The Kier molecular flexibility index (Phi) is 3.47. The van der Waals surface area contributed by atoms with Crippen molar-refractivity contribution in [2.45, 2.75) is 6.54 Å². The fourth-order valence-corrected chi connectivity index (χ4v) is 2.14. The van der Waals surface area contributed by atoms with Crippen molar-refractivity contribution in [3.8, 4) is 0 Å². The molecule has 2 aromatic heterocycles. The zero-order valence-electron chi connectivity index (χ0n) is 11.3. The molecule has 104 valence electrons. The van der Waals surface area contributed by atoms with Crippen molar-refractivity contribution in [2.75, 3.05) is 5.73 Å². The van der Waals surface area contributed by atoms with Gasteiger partial charge in [-0.05, 0) is 47.3 Å². The highest BCUT2D eigenvalue weighted by atomic mass is 16.1. The summed E-state index contributed by atoms with van der Waals surface area (Å²) in [5.74, 6) is -0.206. The van der Waals surface area contributed by atoms with E-state index >= 15 is 0 Å². The molecule has 0 spiro atoms. The quantitative estimate of drug-likeness (QED) is 0.719. The SMILES string of the molecule is Nc1ccc2c(C(=O)NCc3ccncc3)nccc2c1. The van der Waals surface area contributed by atoms with Crippen molar-refractivity contribution in [2.24, 2.45) is 0 Å². The Balaban J connectivity index is 1.85. The smallest absolute Gasteiger partial charge is 0.270 e. The number of fused-ring (bicyclic) bond motifs is 1. The number of hydrogen-bond acceptors (Lipinski definition) is 4. The second-order valence-electron chi connectivity index (χ2n) is 4.68. The van der Waals surface area contributed by atoms with Crippen LogP contribution >= 0.6 is 0 Å². The van der Waals surface area contributed by atoms with Gasteiger partial charge >= 0.3 is 0 Å². The monoisotopic (exact) mass is 278 g/mol. The van der Waals surface area contributed by atoms with Gasteiger partial charge in [0.25, 0.3) is 5.91 Å². The van der Waals surface area contributed by atoms with Crippen molar-refractivity contribution < 1.29 is 4.79 Å². The van der Waals surface area contributed by atoms with Crippen LogP contribution in [0.4, 0.5) is 5.69 Å². The average Bonchev–Trinajstić information content (AvgIpc) is 2.52. The summed E-state index contributed by atoms with van der Waals surface area (Å²) in [5.41, 5.74) is 7.81. The number of hydrogen-bond donors (Lipinski definition) is 2. The molecular weight excluding hydrogens is 264 g/mol. The Morgan fingerprint density at radius 2 is 1.90 bits per heavy atom. The van der Waals surface area contributed by atoms with Gasteiger partial charge in [-0.25, -0.2) is 0 Å². The zero-order valence-corrected chi connectivity index (χ0v) is 11.3. The summed E-state index contributed by atoms with van der Waals surface area (Å²) in [7, 11) is 0. The largest absolute Gasteiger partial charge is 0.399 e. The van der Waals surface area contributed by atoms with Crippen LogP contribution in [0.1, 0.15) is 16.1 Å². The molecule has 2 heterocycles. The van der Waals surface area contributed by atoms with E-state index in [-0.39, 0.29) is 5.91 Å². The first-order valence-corrected chi connectivity index (χ1v) is 6.55. The molecule has 5 nitrogen and oxygen atoms in total. The van der Waals surface area contributed by atoms with Gasteiger partial charge in [-0.15, -0.1) is 0 Å². The minimum atomic E-state index is -0.206. The van der Waals surface area contributed by atoms with E-state index in [2.05, 4.69) is 15.3 Å². The molecule has 0 aliphatic heterocycles. The van der Waals surface area contributed by atoms with Crippen LogP contribution in [0.3, 0.4) is 0 Å². The van der Waals surface area contributed by atoms with E-state index in [1.807, 2.05) is 30.3 Å². The summed E-state index contributed by atoms with van der Waals surface area (Å²) in [5, 5.41) is 4.55. The van der Waals surface area contributed by atoms with Crippen LogP contribution in [-0.4, -0.2) is 15.9 Å². The van der Waals surface area contributed by atoms with Crippen LogP contribution in [0.5, 0.6) is 0 Å². The molecule has 0 saturated heterocycles. The number of carbonyl (C=O) groups is 1. The first kappa shape index (κ1) is 13.1. The maximum atomic E-state index is 12.3. The van der Waals surface area contributed by atoms with Crippen molar-refractivity contribution in [3.63, 3.8) is 0 Å². The lowest BCUT2D eigenvalue weighted by molar-refractivity contribution is 0.0948. The summed E-state index contributed by atoms with van der Waals surface area (Å²) in [4.78, 5) is 20.4. The number of nitrogens with two attached hydrogens (primary N) is 1. The van der Waals surface area contributed by atoms with Crippen molar-refractivity contribution >= 4 is 22.4 Å². The third-order valence-corrected chi connectivity index (χ3v) is 3.21. The molecule has 0 atom stereocenters. The standard InChI is InChI=1S/C16H14N4O/c17-13-1-2-14-12(9-13)5-8-19-15(14)16(21)20-10-11-3-6-18-7-4-11/h1-9H,10,17H2,(H,20,21). The molecule has 0 radical (unpaired) electrons. The van der Waals surface area contributed by atoms with Crippen molar-refractivity contribution in [3.05, 3.63) is 66.2 Å². The van der Waals surface area contributed by atoms with E-state index in [0.717, 1.165) is 16.3 Å². The van der Waals surface area contributed by atoms with Gasteiger partial charge in [0.05, 0.1) is 0 Å². The van der Waals surface area contributed by atoms with Crippen molar-refractivity contribution in [1.29, 1.82) is 0 Å². The molecular formula is C16H14N4O. The van der Waals surface area contributed by atoms with E-state index in [1.54, 1.807) is 24.7 Å². The molecule has 3 aromatic rings. The lowest BCUT2D eigenvalue weighted by atomic mass is 10.1. The number of aromatic nitrogens is 2. The highest BCUT2D eigenvalue weighted by Crippen LogP contribution is 2.19. The fraction of sp³-hybridized carbons (Fsp3) is 0.0625. The van der Waals surface area contributed by atoms with Crippen LogP contribution < -0.4 is 11.1 Å². The first-order chi connectivity index (χ1) is 10.2. The lowest BCUT2D eigenvalue weighted by Crippen LogP contribution is -2.24. The molecule has 1 amide bonds. The van der Waals surface area contributed by atoms with Gasteiger partial charge in [0.1, 0.15) is 5.69 Å². The number of benzene rings is 1. The Morgan fingerprint density at radius 1 is 1.10 bits per heavy atom. The van der Waals surface area contributed by atoms with E-state index in [9.17, 15) is 4.79 Å². The van der Waals surface area contributed by atoms with Gasteiger partial charge in [0.2, 0.25) is 0 Å². The number of anilines is 1. The van der Waals surface area contributed by atoms with Crippen LogP contribution in [0.25, 0.3) is 10.8 Å². The highest BCUT2D eigenvalue weighted by molar-refractivity contribution is 6.05.